The van der Waals surface area contributed by atoms with Gasteiger partial charge in [-0.2, -0.15) is 0 Å². The Morgan fingerprint density at radius 3 is 2.38 bits per heavy atom. The van der Waals surface area contributed by atoms with Crippen molar-refractivity contribution in [3.63, 3.8) is 0 Å². The molecule has 3 rings (SSSR count). The Labute approximate surface area is 160 Å². The number of hydrogen-bond acceptors (Lipinski definition) is 3. The van der Waals surface area contributed by atoms with E-state index in [1.165, 1.54) is 0 Å². The third-order valence-corrected chi connectivity index (χ3v) is 5.24. The standard InChI is InChI=1S/C18H14Cl3NOS/c1-2-16(21)23-17-13(19)8-12(9-14(17)20)15-10-24-18(22-15)11-6-4-3-5-7-11/h3-10,16H,2H2,1H3. The highest BCUT2D eigenvalue weighted by atomic mass is 35.5. The van der Waals surface area contributed by atoms with E-state index in [0.29, 0.717) is 22.2 Å². The molecule has 6 heteroatoms. The highest BCUT2D eigenvalue weighted by Crippen LogP contribution is 2.39. The van der Waals surface area contributed by atoms with Gasteiger partial charge < -0.3 is 4.74 Å². The number of nitrogens with zero attached hydrogens (tertiary/aromatic N) is 1. The molecule has 0 aliphatic heterocycles. The van der Waals surface area contributed by atoms with Crippen LogP contribution in [0.1, 0.15) is 13.3 Å². The van der Waals surface area contributed by atoms with Gasteiger partial charge >= 0.3 is 0 Å². The van der Waals surface area contributed by atoms with E-state index in [1.807, 2.05) is 42.6 Å². The summed E-state index contributed by atoms with van der Waals surface area (Å²) in [6, 6.07) is 13.6. The average Bonchev–Trinajstić information content (AvgIpc) is 3.08. The molecule has 1 aromatic heterocycles. The summed E-state index contributed by atoms with van der Waals surface area (Å²) in [7, 11) is 0. The first-order chi connectivity index (χ1) is 11.6. The number of alkyl halides is 1. The fraction of sp³-hybridized carbons (Fsp3) is 0.167. The highest BCUT2D eigenvalue weighted by molar-refractivity contribution is 7.13. The minimum atomic E-state index is -0.463. The summed E-state index contributed by atoms with van der Waals surface area (Å²) >= 11 is 20.2. The van der Waals surface area contributed by atoms with E-state index in [4.69, 9.17) is 39.5 Å². The van der Waals surface area contributed by atoms with Crippen molar-refractivity contribution in [2.45, 2.75) is 18.9 Å². The van der Waals surface area contributed by atoms with Crippen molar-refractivity contribution < 1.29 is 4.74 Å². The smallest absolute Gasteiger partial charge is 0.172 e. The minimum absolute atomic E-state index is 0.405. The lowest BCUT2D eigenvalue weighted by molar-refractivity contribution is 0.277. The predicted octanol–water partition coefficient (Wildman–Crippen LogP) is 7.14. The number of thiazole rings is 1. The third kappa shape index (κ3) is 3.86. The van der Waals surface area contributed by atoms with Crippen LogP contribution < -0.4 is 4.74 Å². The van der Waals surface area contributed by atoms with Crippen LogP contribution in [0.2, 0.25) is 10.0 Å². The number of hydrogen-bond donors (Lipinski definition) is 0. The van der Waals surface area contributed by atoms with Gasteiger partial charge in [0.15, 0.2) is 11.3 Å². The summed E-state index contributed by atoms with van der Waals surface area (Å²) in [6.45, 7) is 1.92. The number of rotatable bonds is 5. The van der Waals surface area contributed by atoms with Gasteiger partial charge in [-0.3, -0.25) is 0 Å². The Morgan fingerprint density at radius 2 is 1.75 bits per heavy atom. The molecule has 0 fully saturated rings. The first kappa shape index (κ1) is 17.6. The molecule has 2 aromatic carbocycles. The fourth-order valence-corrected chi connectivity index (χ4v) is 3.65. The zero-order chi connectivity index (χ0) is 17.1. The molecule has 0 N–H and O–H groups in total. The summed E-state index contributed by atoms with van der Waals surface area (Å²) in [6.07, 6.45) is 0.655. The Kier molecular flexibility index (Phi) is 5.67. The van der Waals surface area contributed by atoms with E-state index in [2.05, 4.69) is 4.98 Å². The predicted molar refractivity (Wildman–Crippen MR) is 104 cm³/mol. The van der Waals surface area contributed by atoms with Crippen LogP contribution in [0.4, 0.5) is 0 Å². The molecule has 24 heavy (non-hydrogen) atoms. The van der Waals surface area contributed by atoms with Crippen LogP contribution in [0.15, 0.2) is 47.8 Å². The summed E-state index contributed by atoms with van der Waals surface area (Å²) in [5, 5.41) is 3.78. The summed E-state index contributed by atoms with van der Waals surface area (Å²) in [4.78, 5) is 4.67. The SMILES string of the molecule is CCC(Cl)Oc1c(Cl)cc(-c2csc(-c3ccccc3)n2)cc1Cl. The van der Waals surface area contributed by atoms with E-state index in [1.54, 1.807) is 23.5 Å². The molecular formula is C18H14Cl3NOS. The largest absolute Gasteiger partial charge is 0.472 e. The molecule has 0 saturated carbocycles. The van der Waals surface area contributed by atoms with Crippen molar-refractivity contribution in [1.29, 1.82) is 0 Å². The van der Waals surface area contributed by atoms with Gasteiger partial charge in [0.25, 0.3) is 0 Å². The van der Waals surface area contributed by atoms with Gasteiger partial charge in [0.2, 0.25) is 0 Å². The van der Waals surface area contributed by atoms with Crippen LogP contribution in [0.3, 0.4) is 0 Å². The van der Waals surface area contributed by atoms with Crippen molar-refractivity contribution in [3.05, 3.63) is 57.9 Å². The molecule has 1 unspecified atom stereocenters. The van der Waals surface area contributed by atoms with Crippen LogP contribution in [-0.2, 0) is 0 Å². The van der Waals surface area contributed by atoms with Gasteiger partial charge in [-0.25, -0.2) is 4.98 Å². The monoisotopic (exact) mass is 397 g/mol. The summed E-state index contributed by atoms with van der Waals surface area (Å²) in [5.74, 6) is 0.405. The van der Waals surface area contributed by atoms with Crippen molar-refractivity contribution in [1.82, 2.24) is 4.98 Å². The van der Waals surface area contributed by atoms with Crippen molar-refractivity contribution in [3.8, 4) is 27.6 Å². The molecule has 0 aliphatic rings. The molecule has 0 spiro atoms. The Hall–Kier alpha value is -1.26. The number of ether oxygens (including phenoxy) is 1. The van der Waals surface area contributed by atoms with Gasteiger partial charge in [0.05, 0.1) is 15.7 Å². The molecule has 1 heterocycles. The second-order valence-corrected chi connectivity index (χ2v) is 7.27. The van der Waals surface area contributed by atoms with Crippen LogP contribution in [0.5, 0.6) is 5.75 Å². The molecule has 1 atom stereocenters. The van der Waals surface area contributed by atoms with Gasteiger partial charge in [-0.15, -0.1) is 11.3 Å². The van der Waals surface area contributed by atoms with E-state index in [0.717, 1.165) is 21.8 Å². The number of aromatic nitrogens is 1. The lowest BCUT2D eigenvalue weighted by Crippen LogP contribution is -2.07. The van der Waals surface area contributed by atoms with Crippen LogP contribution in [0, 0.1) is 0 Å². The Bertz CT molecular complexity index is 812. The normalized spacial score (nSPS) is 12.2. The van der Waals surface area contributed by atoms with E-state index in [9.17, 15) is 0 Å². The molecule has 0 saturated heterocycles. The topological polar surface area (TPSA) is 22.1 Å². The minimum Gasteiger partial charge on any atom is -0.472 e. The van der Waals surface area contributed by atoms with Crippen LogP contribution in [-0.4, -0.2) is 10.5 Å². The van der Waals surface area contributed by atoms with E-state index >= 15 is 0 Å². The molecule has 3 aromatic rings. The first-order valence-corrected chi connectivity index (χ1v) is 9.46. The molecule has 0 aliphatic carbocycles. The maximum Gasteiger partial charge on any atom is 0.172 e. The van der Waals surface area contributed by atoms with Crippen molar-refractivity contribution in [2.75, 3.05) is 0 Å². The van der Waals surface area contributed by atoms with E-state index in [-0.39, 0.29) is 0 Å². The lowest BCUT2D eigenvalue weighted by Gasteiger charge is -2.14. The summed E-state index contributed by atoms with van der Waals surface area (Å²) in [5.41, 5.74) is 2.29. The maximum atomic E-state index is 6.32. The number of halogens is 3. The van der Waals surface area contributed by atoms with Crippen LogP contribution >= 0.6 is 46.1 Å². The van der Waals surface area contributed by atoms with Crippen LogP contribution in [0.25, 0.3) is 21.8 Å². The summed E-state index contributed by atoms with van der Waals surface area (Å²) < 4.78 is 5.57. The third-order valence-electron chi connectivity index (χ3n) is 3.39. The maximum absolute atomic E-state index is 6.32. The molecular weight excluding hydrogens is 385 g/mol. The zero-order valence-electron chi connectivity index (χ0n) is 12.8. The van der Waals surface area contributed by atoms with Gasteiger partial charge in [-0.05, 0) is 18.6 Å². The van der Waals surface area contributed by atoms with E-state index < -0.39 is 5.56 Å². The van der Waals surface area contributed by atoms with Crippen molar-refractivity contribution in [2.24, 2.45) is 0 Å². The molecule has 124 valence electrons. The Morgan fingerprint density at radius 1 is 1.08 bits per heavy atom. The van der Waals surface area contributed by atoms with Gasteiger partial charge in [0, 0.05) is 16.5 Å². The fourth-order valence-electron chi connectivity index (χ4n) is 2.15. The Balaban J connectivity index is 1.92. The highest BCUT2D eigenvalue weighted by Gasteiger charge is 2.15. The number of benzene rings is 2. The second kappa shape index (κ2) is 7.75. The molecule has 2 nitrogen and oxygen atoms in total. The second-order valence-electron chi connectivity index (χ2n) is 5.11. The molecule has 0 radical (unpaired) electrons. The van der Waals surface area contributed by atoms with Gasteiger partial charge in [0.1, 0.15) is 5.01 Å². The zero-order valence-corrected chi connectivity index (χ0v) is 15.9. The van der Waals surface area contributed by atoms with Crippen molar-refractivity contribution >= 4 is 46.1 Å². The molecule has 0 bridgehead atoms. The molecule has 0 amide bonds. The first-order valence-electron chi connectivity index (χ1n) is 7.39. The van der Waals surface area contributed by atoms with Gasteiger partial charge in [-0.1, -0.05) is 72.1 Å². The quantitative estimate of drug-likeness (QED) is 0.426. The lowest BCUT2D eigenvalue weighted by atomic mass is 10.1. The average molecular weight is 399 g/mol.